The van der Waals surface area contributed by atoms with Gasteiger partial charge in [0.05, 0.1) is 10.5 Å². The number of hydrogen-bond acceptors (Lipinski definition) is 3. The SMILES string of the molecule is CC1(C)C(C2(CN)CC(F)(F)C2)CCS1(=O)=O. The van der Waals surface area contributed by atoms with E-state index in [-0.39, 0.29) is 31.1 Å². The van der Waals surface area contributed by atoms with Gasteiger partial charge >= 0.3 is 0 Å². The van der Waals surface area contributed by atoms with Gasteiger partial charge in [0.25, 0.3) is 0 Å². The molecule has 1 unspecified atom stereocenters. The van der Waals surface area contributed by atoms with Gasteiger partial charge in [0.2, 0.25) is 5.92 Å². The van der Waals surface area contributed by atoms with E-state index in [9.17, 15) is 17.2 Å². The average Bonchev–Trinajstić information content (AvgIpc) is 2.33. The van der Waals surface area contributed by atoms with Gasteiger partial charge in [-0.3, -0.25) is 0 Å². The zero-order chi connectivity index (χ0) is 13.1. The Morgan fingerprint density at radius 1 is 1.29 bits per heavy atom. The Kier molecular flexibility index (Phi) is 2.65. The summed E-state index contributed by atoms with van der Waals surface area (Å²) in [6.45, 7) is 3.44. The summed E-state index contributed by atoms with van der Waals surface area (Å²) in [6.07, 6.45) is -0.0666. The Hall–Kier alpha value is -0.230. The highest BCUT2D eigenvalue weighted by molar-refractivity contribution is 7.93. The minimum atomic E-state index is -3.18. The molecule has 1 saturated carbocycles. The molecular weight excluding hydrogens is 248 g/mol. The van der Waals surface area contributed by atoms with E-state index in [1.165, 1.54) is 0 Å². The van der Waals surface area contributed by atoms with Crippen molar-refractivity contribution in [2.45, 2.75) is 43.8 Å². The summed E-state index contributed by atoms with van der Waals surface area (Å²) in [6, 6.07) is 0. The molecule has 6 heteroatoms. The van der Waals surface area contributed by atoms with Gasteiger partial charge < -0.3 is 5.73 Å². The standard InChI is InChI=1S/C11H19F2NO2S/c1-9(2)8(3-4-17(9,15)16)10(7-14)5-11(12,13)6-10/h8H,3-7,14H2,1-2H3. The van der Waals surface area contributed by atoms with Gasteiger partial charge in [-0.1, -0.05) is 0 Å². The monoisotopic (exact) mass is 267 g/mol. The van der Waals surface area contributed by atoms with Crippen LogP contribution in [0.1, 0.15) is 33.1 Å². The molecule has 1 atom stereocenters. The van der Waals surface area contributed by atoms with Crippen LogP contribution in [0.2, 0.25) is 0 Å². The summed E-state index contributed by atoms with van der Waals surface area (Å²) in [4.78, 5) is 0. The van der Waals surface area contributed by atoms with Gasteiger partial charge in [-0.2, -0.15) is 0 Å². The summed E-state index contributed by atoms with van der Waals surface area (Å²) in [5.74, 6) is -2.82. The lowest BCUT2D eigenvalue weighted by atomic mass is 9.55. The van der Waals surface area contributed by atoms with E-state index in [0.717, 1.165) is 0 Å². The average molecular weight is 267 g/mol. The number of sulfone groups is 1. The van der Waals surface area contributed by atoms with Gasteiger partial charge in [0, 0.05) is 12.8 Å². The molecule has 1 aliphatic heterocycles. The van der Waals surface area contributed by atoms with Crippen molar-refractivity contribution >= 4 is 9.84 Å². The Morgan fingerprint density at radius 3 is 2.12 bits per heavy atom. The molecule has 0 radical (unpaired) electrons. The van der Waals surface area contributed by atoms with Crippen LogP contribution in [0, 0.1) is 11.3 Å². The van der Waals surface area contributed by atoms with Gasteiger partial charge in [-0.25, -0.2) is 17.2 Å². The van der Waals surface area contributed by atoms with Crippen molar-refractivity contribution in [1.82, 2.24) is 0 Å². The number of nitrogens with two attached hydrogens (primary N) is 1. The highest BCUT2D eigenvalue weighted by atomic mass is 32.2. The second-order valence-corrected chi connectivity index (χ2v) is 8.73. The minimum absolute atomic E-state index is 0.0952. The Balaban J connectivity index is 2.31. The summed E-state index contributed by atoms with van der Waals surface area (Å²) in [7, 11) is -3.18. The molecule has 1 aliphatic carbocycles. The molecule has 0 amide bonds. The first kappa shape index (κ1) is 13.2. The number of hydrogen-bond donors (Lipinski definition) is 1. The fraction of sp³-hybridized carbons (Fsp3) is 1.00. The molecule has 0 aromatic rings. The first-order chi connectivity index (χ1) is 7.56. The highest BCUT2D eigenvalue weighted by Crippen LogP contribution is 2.61. The molecule has 2 rings (SSSR count). The molecule has 0 aromatic heterocycles. The molecule has 0 bridgehead atoms. The Bertz CT molecular complexity index is 423. The Labute approximate surface area is 101 Å². The molecular formula is C11H19F2NO2S. The van der Waals surface area contributed by atoms with Gasteiger partial charge in [-0.15, -0.1) is 0 Å². The van der Waals surface area contributed by atoms with Crippen molar-refractivity contribution in [2.75, 3.05) is 12.3 Å². The van der Waals surface area contributed by atoms with E-state index in [2.05, 4.69) is 0 Å². The van der Waals surface area contributed by atoms with Gasteiger partial charge in [0.15, 0.2) is 9.84 Å². The van der Waals surface area contributed by atoms with Crippen LogP contribution in [0.5, 0.6) is 0 Å². The summed E-state index contributed by atoms with van der Waals surface area (Å²) >= 11 is 0. The molecule has 2 aliphatic rings. The fourth-order valence-electron chi connectivity index (χ4n) is 3.66. The zero-order valence-corrected chi connectivity index (χ0v) is 11.0. The quantitative estimate of drug-likeness (QED) is 0.826. The van der Waals surface area contributed by atoms with Gasteiger partial charge in [0.1, 0.15) is 0 Å². The van der Waals surface area contributed by atoms with Crippen molar-refractivity contribution in [3.05, 3.63) is 0 Å². The largest absolute Gasteiger partial charge is 0.330 e. The zero-order valence-electron chi connectivity index (χ0n) is 10.2. The highest BCUT2D eigenvalue weighted by Gasteiger charge is 2.65. The molecule has 1 heterocycles. The van der Waals surface area contributed by atoms with Crippen LogP contribution in [0.25, 0.3) is 0 Å². The van der Waals surface area contributed by atoms with Crippen LogP contribution >= 0.6 is 0 Å². The van der Waals surface area contributed by atoms with Crippen LogP contribution in [0.3, 0.4) is 0 Å². The molecule has 17 heavy (non-hydrogen) atoms. The fourth-order valence-corrected chi connectivity index (χ4v) is 5.53. The van der Waals surface area contributed by atoms with E-state index in [0.29, 0.717) is 6.42 Å². The van der Waals surface area contributed by atoms with Crippen LogP contribution in [-0.4, -0.2) is 31.4 Å². The van der Waals surface area contributed by atoms with E-state index in [4.69, 9.17) is 5.73 Å². The van der Waals surface area contributed by atoms with Crippen molar-refractivity contribution in [1.29, 1.82) is 0 Å². The molecule has 1 saturated heterocycles. The lowest BCUT2D eigenvalue weighted by Crippen LogP contribution is -2.58. The maximum Gasteiger partial charge on any atom is 0.249 e. The summed E-state index contributed by atoms with van der Waals surface area (Å²) in [5, 5.41) is 0. The second-order valence-electron chi connectivity index (χ2n) is 6.04. The maximum absolute atomic E-state index is 13.1. The predicted molar refractivity (Wildman–Crippen MR) is 61.6 cm³/mol. The molecule has 2 N–H and O–H groups in total. The molecule has 100 valence electrons. The van der Waals surface area contributed by atoms with E-state index in [1.807, 2.05) is 0 Å². The normalized spacial score (nSPS) is 36.4. The van der Waals surface area contributed by atoms with E-state index < -0.39 is 25.9 Å². The maximum atomic E-state index is 13.1. The minimum Gasteiger partial charge on any atom is -0.330 e. The summed E-state index contributed by atoms with van der Waals surface area (Å²) in [5.41, 5.74) is 4.97. The van der Waals surface area contributed by atoms with Crippen LogP contribution < -0.4 is 5.73 Å². The van der Waals surface area contributed by atoms with Gasteiger partial charge in [-0.05, 0) is 38.1 Å². The van der Waals surface area contributed by atoms with E-state index >= 15 is 0 Å². The third-order valence-electron chi connectivity index (χ3n) is 4.68. The predicted octanol–water partition coefficient (Wildman–Crippen LogP) is 1.57. The first-order valence-electron chi connectivity index (χ1n) is 5.87. The number of rotatable bonds is 2. The third kappa shape index (κ3) is 1.71. The van der Waals surface area contributed by atoms with Crippen LogP contribution in [-0.2, 0) is 9.84 Å². The van der Waals surface area contributed by atoms with Crippen LogP contribution in [0.4, 0.5) is 8.78 Å². The molecule has 0 spiro atoms. The topological polar surface area (TPSA) is 60.2 Å². The smallest absolute Gasteiger partial charge is 0.249 e. The lowest BCUT2D eigenvalue weighted by molar-refractivity contribution is -0.182. The van der Waals surface area contributed by atoms with Crippen molar-refractivity contribution in [3.63, 3.8) is 0 Å². The van der Waals surface area contributed by atoms with Crippen molar-refractivity contribution < 1.29 is 17.2 Å². The number of alkyl halides is 2. The Morgan fingerprint density at radius 2 is 1.82 bits per heavy atom. The second kappa shape index (κ2) is 3.41. The first-order valence-corrected chi connectivity index (χ1v) is 7.52. The number of halogens is 2. The third-order valence-corrected chi connectivity index (χ3v) is 7.34. The molecule has 0 aromatic carbocycles. The summed E-state index contributed by atoms with van der Waals surface area (Å²) < 4.78 is 49.2. The lowest BCUT2D eigenvalue weighted by Gasteiger charge is -2.53. The molecule has 3 nitrogen and oxygen atoms in total. The van der Waals surface area contributed by atoms with Crippen molar-refractivity contribution in [2.24, 2.45) is 17.1 Å². The van der Waals surface area contributed by atoms with Crippen molar-refractivity contribution in [3.8, 4) is 0 Å². The van der Waals surface area contributed by atoms with E-state index in [1.54, 1.807) is 13.8 Å². The van der Waals surface area contributed by atoms with Crippen LogP contribution in [0.15, 0.2) is 0 Å². The molecule has 2 fully saturated rings.